The van der Waals surface area contributed by atoms with E-state index in [4.69, 9.17) is 5.26 Å². The highest BCUT2D eigenvalue weighted by Crippen LogP contribution is 2.25. The fourth-order valence-corrected chi connectivity index (χ4v) is 1.82. The highest BCUT2D eigenvalue weighted by Gasteiger charge is 2.19. The van der Waals surface area contributed by atoms with Gasteiger partial charge in [-0.05, 0) is 26.0 Å². The summed E-state index contributed by atoms with van der Waals surface area (Å²) in [7, 11) is 0. The van der Waals surface area contributed by atoms with Crippen LogP contribution in [0.3, 0.4) is 0 Å². The second-order valence-electron chi connectivity index (χ2n) is 4.00. The summed E-state index contributed by atoms with van der Waals surface area (Å²) in [5.41, 5.74) is 0.624. The molecule has 0 aliphatic heterocycles. The fourth-order valence-electron chi connectivity index (χ4n) is 1.82. The molecule has 0 spiro atoms. The lowest BCUT2D eigenvalue weighted by atomic mass is 10.1. The van der Waals surface area contributed by atoms with Crippen molar-refractivity contribution in [2.45, 2.75) is 20.3 Å². The largest absolute Gasteiger partial charge is 0.371 e. The van der Waals surface area contributed by atoms with E-state index < -0.39 is 4.92 Å². The molecule has 19 heavy (non-hydrogen) atoms. The number of hydrogen-bond acceptors (Lipinski definition) is 5. The van der Waals surface area contributed by atoms with Crippen LogP contribution in [0, 0.1) is 21.4 Å². The summed E-state index contributed by atoms with van der Waals surface area (Å²) in [4.78, 5) is 23.7. The van der Waals surface area contributed by atoms with Crippen molar-refractivity contribution in [1.82, 2.24) is 0 Å². The third-order valence-corrected chi connectivity index (χ3v) is 2.80. The molecule has 0 radical (unpaired) electrons. The zero-order valence-corrected chi connectivity index (χ0v) is 10.9. The van der Waals surface area contributed by atoms with Crippen LogP contribution in [-0.4, -0.2) is 23.8 Å². The van der Waals surface area contributed by atoms with Crippen molar-refractivity contribution in [2.24, 2.45) is 0 Å². The molecule has 0 N–H and O–H groups in total. The Balaban J connectivity index is 3.17. The van der Waals surface area contributed by atoms with Gasteiger partial charge in [0.05, 0.1) is 23.0 Å². The molecule has 1 aromatic carbocycles. The number of nitriles is 1. The number of ketones is 1. The normalized spacial score (nSPS) is 9.74. The molecule has 1 rings (SSSR count). The standard InChI is InChI=1S/C13H15N3O3/c1-3-15(8-4-7-14)11-5-6-13(16(18)19)12(9-11)10(2)17/h5-6,9H,3-4,8H2,1-2H3. The van der Waals surface area contributed by atoms with Gasteiger partial charge >= 0.3 is 0 Å². The molecule has 100 valence electrons. The summed E-state index contributed by atoms with van der Waals surface area (Å²) < 4.78 is 0. The number of nitrogens with zero attached hydrogens (tertiary/aromatic N) is 3. The van der Waals surface area contributed by atoms with Gasteiger partial charge in [0.1, 0.15) is 0 Å². The maximum atomic E-state index is 11.5. The molecule has 0 saturated heterocycles. The highest BCUT2D eigenvalue weighted by molar-refractivity contribution is 5.99. The van der Waals surface area contributed by atoms with Crippen LogP contribution in [0.4, 0.5) is 11.4 Å². The van der Waals surface area contributed by atoms with Crippen LogP contribution in [-0.2, 0) is 0 Å². The first-order valence-corrected chi connectivity index (χ1v) is 5.92. The number of nitro groups is 1. The predicted octanol–water partition coefficient (Wildman–Crippen LogP) is 2.54. The van der Waals surface area contributed by atoms with Crippen LogP contribution < -0.4 is 4.90 Å². The summed E-state index contributed by atoms with van der Waals surface area (Å²) in [6.45, 7) is 4.42. The zero-order chi connectivity index (χ0) is 14.4. The van der Waals surface area contributed by atoms with Crippen LogP contribution >= 0.6 is 0 Å². The topological polar surface area (TPSA) is 87.2 Å². The van der Waals surface area contributed by atoms with E-state index >= 15 is 0 Å². The van der Waals surface area contributed by atoms with E-state index in [0.29, 0.717) is 25.2 Å². The third-order valence-electron chi connectivity index (χ3n) is 2.80. The predicted molar refractivity (Wildman–Crippen MR) is 71.2 cm³/mol. The Kier molecular flexibility index (Phi) is 5.01. The molecule has 0 unspecified atom stereocenters. The molecule has 0 bridgehead atoms. The molecule has 0 aliphatic rings. The minimum absolute atomic E-state index is 0.0953. The fraction of sp³-hybridized carbons (Fsp3) is 0.385. The SMILES string of the molecule is CCN(CCC#N)c1ccc([N+](=O)[O-])c(C(C)=O)c1. The van der Waals surface area contributed by atoms with Crippen molar-refractivity contribution < 1.29 is 9.72 Å². The van der Waals surface area contributed by atoms with E-state index in [0.717, 1.165) is 0 Å². The van der Waals surface area contributed by atoms with E-state index in [2.05, 4.69) is 6.07 Å². The van der Waals surface area contributed by atoms with Gasteiger partial charge in [0.15, 0.2) is 5.78 Å². The number of hydrogen-bond donors (Lipinski definition) is 0. The summed E-state index contributed by atoms with van der Waals surface area (Å²) >= 11 is 0. The van der Waals surface area contributed by atoms with Crippen molar-refractivity contribution >= 4 is 17.2 Å². The molecule has 6 heteroatoms. The van der Waals surface area contributed by atoms with Crippen LogP contribution in [0.25, 0.3) is 0 Å². The number of carbonyl (C=O) groups is 1. The van der Waals surface area contributed by atoms with Crippen LogP contribution in [0.15, 0.2) is 18.2 Å². The molecule has 0 amide bonds. The van der Waals surface area contributed by atoms with E-state index in [1.54, 1.807) is 6.07 Å². The molecule has 0 aliphatic carbocycles. The second kappa shape index (κ2) is 6.50. The molecular formula is C13H15N3O3. The maximum absolute atomic E-state index is 11.5. The lowest BCUT2D eigenvalue weighted by Crippen LogP contribution is -2.23. The van der Waals surface area contributed by atoms with Gasteiger partial charge in [0, 0.05) is 24.8 Å². The van der Waals surface area contributed by atoms with Crippen molar-refractivity contribution in [3.8, 4) is 6.07 Å². The molecule has 6 nitrogen and oxygen atoms in total. The zero-order valence-electron chi connectivity index (χ0n) is 10.9. The minimum atomic E-state index is -0.563. The van der Waals surface area contributed by atoms with E-state index in [1.165, 1.54) is 19.1 Å². The summed E-state index contributed by atoms with van der Waals surface area (Å²) in [5.74, 6) is -0.343. The molecule has 1 aromatic rings. The van der Waals surface area contributed by atoms with Crippen molar-refractivity contribution in [3.63, 3.8) is 0 Å². The molecule has 0 atom stereocenters. The van der Waals surface area contributed by atoms with Crippen molar-refractivity contribution in [1.29, 1.82) is 5.26 Å². The lowest BCUT2D eigenvalue weighted by molar-refractivity contribution is -0.385. The van der Waals surface area contributed by atoms with Gasteiger partial charge in [-0.15, -0.1) is 0 Å². The Labute approximate surface area is 111 Å². The quantitative estimate of drug-likeness (QED) is 0.446. The summed E-state index contributed by atoms with van der Waals surface area (Å²) in [6.07, 6.45) is 0.361. The van der Waals surface area contributed by atoms with E-state index in [9.17, 15) is 14.9 Å². The van der Waals surface area contributed by atoms with Crippen LogP contribution in [0.2, 0.25) is 0 Å². The first kappa shape index (κ1) is 14.6. The van der Waals surface area contributed by atoms with Gasteiger partial charge in [-0.3, -0.25) is 14.9 Å². The van der Waals surface area contributed by atoms with Gasteiger partial charge in [-0.1, -0.05) is 0 Å². The second-order valence-corrected chi connectivity index (χ2v) is 4.00. The van der Waals surface area contributed by atoms with Gasteiger partial charge in [0.2, 0.25) is 0 Å². The highest BCUT2D eigenvalue weighted by atomic mass is 16.6. The van der Waals surface area contributed by atoms with Crippen molar-refractivity contribution in [3.05, 3.63) is 33.9 Å². The monoisotopic (exact) mass is 261 g/mol. The number of nitro benzene ring substituents is 1. The average molecular weight is 261 g/mol. The van der Waals surface area contributed by atoms with Gasteiger partial charge in [-0.2, -0.15) is 5.26 Å². The molecular weight excluding hydrogens is 246 g/mol. The maximum Gasteiger partial charge on any atom is 0.280 e. The smallest absolute Gasteiger partial charge is 0.280 e. The first-order valence-electron chi connectivity index (χ1n) is 5.92. The number of rotatable bonds is 6. The van der Waals surface area contributed by atoms with Gasteiger partial charge in [-0.25, -0.2) is 0 Å². The number of carbonyl (C=O) groups excluding carboxylic acids is 1. The number of Topliss-reactive ketones (excluding diaryl/α,β-unsaturated/α-hetero) is 1. The van der Waals surface area contributed by atoms with E-state index in [1.807, 2.05) is 11.8 Å². The van der Waals surface area contributed by atoms with Crippen molar-refractivity contribution in [2.75, 3.05) is 18.0 Å². The lowest BCUT2D eigenvalue weighted by Gasteiger charge is -2.22. The minimum Gasteiger partial charge on any atom is -0.371 e. The third kappa shape index (κ3) is 3.52. The number of benzene rings is 1. The Bertz CT molecular complexity index is 534. The molecule has 0 aromatic heterocycles. The average Bonchev–Trinajstić information content (AvgIpc) is 2.39. The molecule has 0 saturated carbocycles. The van der Waals surface area contributed by atoms with Crippen LogP contribution in [0.5, 0.6) is 0 Å². The van der Waals surface area contributed by atoms with Gasteiger partial charge < -0.3 is 4.90 Å². The Morgan fingerprint density at radius 3 is 2.68 bits per heavy atom. The van der Waals surface area contributed by atoms with E-state index in [-0.39, 0.29) is 17.0 Å². The summed E-state index contributed by atoms with van der Waals surface area (Å²) in [5, 5.41) is 19.4. The first-order chi connectivity index (χ1) is 9.01. The molecule has 0 heterocycles. The Morgan fingerprint density at radius 1 is 1.53 bits per heavy atom. The van der Waals surface area contributed by atoms with Gasteiger partial charge in [0.25, 0.3) is 5.69 Å². The summed E-state index contributed by atoms with van der Waals surface area (Å²) in [6, 6.07) is 6.50. The Morgan fingerprint density at radius 2 is 2.21 bits per heavy atom. The van der Waals surface area contributed by atoms with Crippen LogP contribution in [0.1, 0.15) is 30.6 Å². The molecule has 0 fully saturated rings. The Hall–Kier alpha value is -2.42. The number of anilines is 1.